The molecule has 2 aromatic carbocycles. The van der Waals surface area contributed by atoms with E-state index < -0.39 is 187 Å². The number of nitrogens with zero attached hydrogens (tertiary/aromatic N) is 4. The molecule has 2 amide bonds. The molecule has 2 saturated heterocycles. The van der Waals surface area contributed by atoms with Gasteiger partial charge in [0.15, 0.2) is 18.4 Å². The number of carbonyl (C=O) groups excluding carboxylic acids is 4. The number of carbonyl (C=O) groups is 5. The molecule has 1 saturated carbocycles. The molecular weight excluding hydrogens is 1400 g/mol. The number of aliphatic carboxylic acids is 1. The van der Waals surface area contributed by atoms with E-state index in [0.29, 0.717) is 76.4 Å². The Morgan fingerprint density at radius 1 is 0.755 bits per heavy atom. The molecule has 594 valence electrons. The third-order valence-electron chi connectivity index (χ3n) is 20.0. The average molecular weight is 1510 g/mol. The normalized spacial score (nSPS) is 29.0. The highest BCUT2D eigenvalue weighted by atomic mass is 16.7. The summed E-state index contributed by atoms with van der Waals surface area (Å²) >= 11 is 0. The fourth-order valence-corrected chi connectivity index (χ4v) is 14.3. The van der Waals surface area contributed by atoms with Gasteiger partial charge in [-0.3, -0.25) is 28.7 Å². The maximum atomic E-state index is 14.2. The van der Waals surface area contributed by atoms with Crippen LogP contribution >= 0.6 is 0 Å². The number of ketones is 2. The Morgan fingerprint density at radius 3 is 2.07 bits per heavy atom. The highest BCUT2D eigenvalue weighted by Gasteiger charge is 2.52. The quantitative estimate of drug-likeness (QED) is 0.00880. The van der Waals surface area contributed by atoms with Gasteiger partial charge in [-0.25, -0.2) is 5.43 Å². The van der Waals surface area contributed by atoms with E-state index in [1.807, 2.05) is 6.92 Å². The van der Waals surface area contributed by atoms with Crippen molar-refractivity contribution in [1.29, 1.82) is 0 Å². The number of aryl methyl sites for hydroxylation is 1. The molecule has 0 bridgehead atoms. The molecular formula is C71H107N7O28. The molecule has 3 aliphatic carbocycles. The molecule has 0 spiro atoms. The van der Waals surface area contributed by atoms with Gasteiger partial charge in [0, 0.05) is 88.0 Å². The number of benzene rings is 2. The average Bonchev–Trinajstić information content (AvgIpc) is 0.784. The summed E-state index contributed by atoms with van der Waals surface area (Å²) in [6.07, 6.45) is -14.1. The molecule has 8 rings (SSSR count). The molecule has 106 heavy (non-hydrogen) atoms. The number of carboxylic acid groups (broad SMARTS) is 1. The topological polar surface area (TPSA) is 545 Å². The van der Waals surface area contributed by atoms with Gasteiger partial charge in [-0.1, -0.05) is 62.8 Å². The van der Waals surface area contributed by atoms with Crippen molar-refractivity contribution in [2.24, 2.45) is 16.8 Å². The van der Waals surface area contributed by atoms with Crippen molar-refractivity contribution in [1.82, 2.24) is 25.7 Å². The summed E-state index contributed by atoms with van der Waals surface area (Å²) < 4.78 is 54.4. The number of aromatic nitrogens is 3. The molecule has 3 aromatic rings. The number of fused-ring (bicyclic) bond motifs is 3. The third kappa shape index (κ3) is 21.8. The summed E-state index contributed by atoms with van der Waals surface area (Å²) in [4.78, 5) is 65.3. The molecule has 3 unspecified atom stereocenters. The number of hydrazone groups is 1. The van der Waals surface area contributed by atoms with Crippen molar-refractivity contribution >= 4 is 35.1 Å². The second-order valence-corrected chi connectivity index (χ2v) is 28.2. The van der Waals surface area contributed by atoms with Crippen LogP contribution in [0, 0.1) is 5.92 Å². The first-order valence-electron chi connectivity index (χ1n) is 36.4. The first kappa shape index (κ1) is 85.2. The Morgan fingerprint density at radius 2 is 1.40 bits per heavy atom. The van der Waals surface area contributed by atoms with Crippen LogP contribution in [0.3, 0.4) is 0 Å². The number of phenols is 2. The molecule has 3 fully saturated rings. The molecule has 3 heterocycles. The number of ether oxygens (including phenoxy) is 9. The van der Waals surface area contributed by atoms with Crippen molar-refractivity contribution in [2.75, 3.05) is 53.9 Å². The molecule has 35 nitrogen and oxygen atoms in total. The zero-order valence-electron chi connectivity index (χ0n) is 60.3. The van der Waals surface area contributed by atoms with E-state index in [0.717, 1.165) is 19.3 Å². The van der Waals surface area contributed by atoms with Gasteiger partial charge in [0.1, 0.15) is 95.3 Å². The molecule has 1 aromatic heterocycles. The lowest BCUT2D eigenvalue weighted by Crippen LogP contribution is -2.61. The first-order chi connectivity index (χ1) is 50.6. The Bertz CT molecular complexity index is 3410. The van der Waals surface area contributed by atoms with Crippen molar-refractivity contribution in [3.8, 4) is 17.2 Å². The summed E-state index contributed by atoms with van der Waals surface area (Å²) in [5.74, 6) is -5.38. The van der Waals surface area contributed by atoms with E-state index in [4.69, 9.17) is 53.5 Å². The Labute approximate surface area is 612 Å². The smallest absolute Gasteiger partial charge is 0.303 e. The van der Waals surface area contributed by atoms with Gasteiger partial charge >= 0.3 is 5.97 Å². The van der Waals surface area contributed by atoms with Gasteiger partial charge in [0.25, 0.3) is 0 Å². The summed E-state index contributed by atoms with van der Waals surface area (Å²) in [7, 11) is 2.58. The van der Waals surface area contributed by atoms with Gasteiger partial charge in [-0.15, -0.1) is 5.10 Å². The number of methoxy groups -OCH3 is 2. The van der Waals surface area contributed by atoms with E-state index in [2.05, 4.69) is 26.2 Å². The summed E-state index contributed by atoms with van der Waals surface area (Å²) in [6.45, 7) is 1.81. The fraction of sp³-hybridized carbons (Fsp3) is 0.718. The van der Waals surface area contributed by atoms with Gasteiger partial charge in [0.05, 0.1) is 93.1 Å². The van der Waals surface area contributed by atoms with Crippen LogP contribution in [0.1, 0.15) is 191 Å². The molecule has 19 atom stereocenters. The van der Waals surface area contributed by atoms with Gasteiger partial charge in [-0.2, -0.15) is 5.10 Å². The van der Waals surface area contributed by atoms with Crippen LogP contribution in [-0.4, -0.2) is 279 Å². The Balaban J connectivity index is 0.760. The van der Waals surface area contributed by atoms with Crippen molar-refractivity contribution in [2.45, 2.75) is 265 Å². The maximum Gasteiger partial charge on any atom is 0.303 e. The predicted octanol–water partition coefficient (Wildman–Crippen LogP) is -0.432. The standard InChI is InChI=1S/C71H107N7O28/c1-5-18-39(28-70(2,72)96)104-44-30-71(97,29-41-52(44)60(90)54-53(56(41)86)55(85)40-19-17-20-42(98-3)51(40)59(54)89)47(34-80)75-76-49(82)22-11-7-6-8-14-24-78-32-38(74-77-78)31-73-48(81)21-12-9-15-25-100-66-37(35-103-69-64(94)61(91)58(88)45(33-79)105-69)27-43(57(87)62(66)92)102-36-46-67(63(93)65(95)68(99-4)106-46)101-26-16-10-13-23-50(83)84/h17,19-20,32,37,39,43-46,57-58,61-69,79-80,86-88,90-97H,5-16,18,21-31,33-36,72H2,1-4H3,(H,73,81)(H,76,82)(H,83,84)/b75-47+/t37-,39?,43+,44?,45-,46-,57+,58-,61+,62-,63-,64-,65-,66-,67-,68+,69+,70?,71+/m1/s1. The molecule has 35 heteroatoms. The molecule has 2 aliphatic heterocycles. The number of hydrogen-bond donors (Lipinski definition) is 17. The lowest BCUT2D eigenvalue weighted by molar-refractivity contribution is -0.312. The summed E-state index contributed by atoms with van der Waals surface area (Å²) in [6, 6.07) is 4.36. The van der Waals surface area contributed by atoms with E-state index in [1.54, 1.807) is 10.9 Å². The minimum Gasteiger partial charge on any atom is -0.507 e. The molecule has 0 radical (unpaired) electrons. The molecule has 18 N–H and O–H groups in total. The maximum absolute atomic E-state index is 14.2. The summed E-state index contributed by atoms with van der Waals surface area (Å²) in [5, 5.41) is 168. The Kier molecular flexibility index (Phi) is 32.0. The zero-order valence-corrected chi connectivity index (χ0v) is 60.3. The summed E-state index contributed by atoms with van der Waals surface area (Å²) in [5.41, 5.74) is 3.29. The third-order valence-corrected chi connectivity index (χ3v) is 20.0. The van der Waals surface area contributed by atoms with Crippen LogP contribution in [0.15, 0.2) is 29.5 Å². The second kappa shape index (κ2) is 39.8. The number of aliphatic hydroxyl groups excluding tert-OH is 9. The highest BCUT2D eigenvalue weighted by Crippen LogP contribution is 2.53. The van der Waals surface area contributed by atoms with Crippen LogP contribution < -0.4 is 21.2 Å². The first-order valence-corrected chi connectivity index (χ1v) is 36.4. The van der Waals surface area contributed by atoms with Crippen LogP contribution in [-0.2, 0) is 71.8 Å². The van der Waals surface area contributed by atoms with E-state index >= 15 is 0 Å². The van der Waals surface area contributed by atoms with Gasteiger partial charge < -0.3 is 125 Å². The second-order valence-electron chi connectivity index (χ2n) is 28.2. The number of hydrogen-bond acceptors (Lipinski definition) is 31. The van der Waals surface area contributed by atoms with E-state index in [9.17, 15) is 90.4 Å². The highest BCUT2D eigenvalue weighted by molar-refractivity contribution is 6.31. The number of amides is 2. The van der Waals surface area contributed by atoms with E-state index in [-0.39, 0.29) is 105 Å². The number of aromatic hydroxyl groups is 2. The van der Waals surface area contributed by atoms with Crippen LogP contribution in [0.4, 0.5) is 0 Å². The Hall–Kier alpha value is -6.40. The van der Waals surface area contributed by atoms with Gasteiger partial charge in [-0.05, 0) is 64.4 Å². The number of nitrogens with one attached hydrogen (secondary N) is 2. The monoisotopic (exact) mass is 1510 g/mol. The number of carboxylic acids is 1. The van der Waals surface area contributed by atoms with Crippen LogP contribution in [0.5, 0.6) is 17.2 Å². The SMILES string of the molecule is CCCC(CC(C)(N)O)OC1C[C@](O)(/C(CO)=N/NC(=O)CCCCCCCn2cc(CNC(=O)CCCCCO[C@@H]3[C@@H](CO[C@H]4O[C@H](CO)[C@@H](O)[C@H](O)[C@H]4O)C[C@H](OC[C@H]4O[C@H](OC)[C@H](O)[C@@H](O)[C@@H]4OCCCCCC(=O)O)[C@H](O)[C@H]3O)nn2)Cc2c(O)c3c(c(O)c21)C(=O)c1c(OC)cccc1C3=O. The predicted molar refractivity (Wildman–Crippen MR) is 368 cm³/mol. The zero-order chi connectivity index (χ0) is 77.2. The van der Waals surface area contributed by atoms with Crippen molar-refractivity contribution in [3.05, 3.63) is 63.5 Å². The molecule has 5 aliphatic rings. The van der Waals surface area contributed by atoms with Crippen LogP contribution in [0.2, 0.25) is 0 Å². The minimum absolute atomic E-state index is 0.0272. The number of unbranched alkanes of at least 4 members (excludes halogenated alkanes) is 8. The minimum atomic E-state index is -2.17. The number of rotatable bonds is 42. The number of phenolic OH excluding ortho intramolecular Hbond substituents is 2. The lowest BCUT2D eigenvalue weighted by atomic mass is 9.71. The van der Waals surface area contributed by atoms with Crippen LogP contribution in [0.25, 0.3) is 0 Å². The van der Waals surface area contributed by atoms with Gasteiger partial charge in [0.2, 0.25) is 17.6 Å². The number of nitrogens with two attached hydrogens (primary N) is 1. The largest absolute Gasteiger partial charge is 0.507 e. The fourth-order valence-electron chi connectivity index (χ4n) is 14.3. The van der Waals surface area contributed by atoms with Crippen molar-refractivity contribution in [3.63, 3.8) is 0 Å². The number of aliphatic hydroxyl groups is 11. The lowest BCUT2D eigenvalue weighted by Gasteiger charge is -2.45. The van der Waals surface area contributed by atoms with Crippen molar-refractivity contribution < 1.29 is 138 Å². The van der Waals surface area contributed by atoms with E-state index in [1.165, 1.54) is 39.3 Å².